The van der Waals surface area contributed by atoms with Crippen molar-refractivity contribution in [3.8, 4) is 0 Å². The normalized spacial score (nSPS) is 11.5. The van der Waals surface area contributed by atoms with E-state index in [4.69, 9.17) is 16.3 Å². The zero-order valence-corrected chi connectivity index (χ0v) is 15.2. The summed E-state index contributed by atoms with van der Waals surface area (Å²) in [5.41, 5.74) is 0.138. The number of nitro groups is 1. The molecule has 0 saturated carbocycles. The summed E-state index contributed by atoms with van der Waals surface area (Å²) in [5.74, 6) is -1.42. The Labute approximate surface area is 165 Å². The van der Waals surface area contributed by atoms with E-state index >= 15 is 0 Å². The van der Waals surface area contributed by atoms with Crippen molar-refractivity contribution in [2.45, 2.75) is 6.10 Å². The number of ketones is 1. The molecule has 0 amide bonds. The van der Waals surface area contributed by atoms with Crippen molar-refractivity contribution in [3.63, 3.8) is 0 Å². The Morgan fingerprint density at radius 3 is 2.14 bits per heavy atom. The molecule has 1 atom stereocenters. The Morgan fingerprint density at radius 1 is 0.893 bits per heavy atom. The van der Waals surface area contributed by atoms with Crippen LogP contribution in [0.5, 0.6) is 0 Å². The predicted octanol–water partition coefficient (Wildman–Crippen LogP) is 5.03. The number of nitrogens with zero attached hydrogens (tertiary/aromatic N) is 1. The van der Waals surface area contributed by atoms with Crippen molar-refractivity contribution in [1.82, 2.24) is 0 Å². The monoisotopic (exact) mass is 395 g/mol. The van der Waals surface area contributed by atoms with Crippen molar-refractivity contribution >= 4 is 29.0 Å². The number of Topliss-reactive ketones (excluding diaryl/α,β-unsaturated/α-hetero) is 1. The molecule has 140 valence electrons. The first-order chi connectivity index (χ1) is 13.5. The summed E-state index contributed by atoms with van der Waals surface area (Å²) in [6, 6.07) is 20.1. The van der Waals surface area contributed by atoms with Gasteiger partial charge in [-0.15, -0.1) is 0 Å². The van der Waals surface area contributed by atoms with E-state index in [0.29, 0.717) is 16.1 Å². The number of ether oxygens (including phenoxy) is 1. The lowest BCUT2D eigenvalue weighted by Gasteiger charge is -2.17. The van der Waals surface area contributed by atoms with E-state index in [-0.39, 0.29) is 5.56 Å². The molecule has 7 heteroatoms. The highest BCUT2D eigenvalue weighted by molar-refractivity contribution is 6.30. The van der Waals surface area contributed by atoms with Gasteiger partial charge in [0.15, 0.2) is 6.10 Å². The number of carbonyl (C=O) groups is 2. The number of halogens is 1. The molecule has 0 heterocycles. The molecule has 0 radical (unpaired) electrons. The van der Waals surface area contributed by atoms with Gasteiger partial charge in [-0.05, 0) is 30.3 Å². The van der Waals surface area contributed by atoms with Crippen LogP contribution in [0.4, 0.5) is 5.69 Å². The topological polar surface area (TPSA) is 86.5 Å². The first kappa shape index (κ1) is 19.3. The van der Waals surface area contributed by atoms with Crippen molar-refractivity contribution in [2.75, 3.05) is 0 Å². The summed E-state index contributed by atoms with van der Waals surface area (Å²) in [4.78, 5) is 36.1. The van der Waals surface area contributed by atoms with Crippen molar-refractivity contribution < 1.29 is 19.2 Å². The molecule has 28 heavy (non-hydrogen) atoms. The second-order valence-corrected chi connectivity index (χ2v) is 6.28. The first-order valence-corrected chi connectivity index (χ1v) is 8.64. The summed E-state index contributed by atoms with van der Waals surface area (Å²) in [6.45, 7) is 0. The van der Waals surface area contributed by atoms with E-state index in [1.165, 1.54) is 36.4 Å². The van der Waals surface area contributed by atoms with Gasteiger partial charge in [0.25, 0.3) is 5.69 Å². The van der Waals surface area contributed by atoms with E-state index in [1.54, 1.807) is 42.5 Å². The Morgan fingerprint density at radius 2 is 1.50 bits per heavy atom. The van der Waals surface area contributed by atoms with Gasteiger partial charge in [0, 0.05) is 22.2 Å². The third-order valence-corrected chi connectivity index (χ3v) is 4.27. The average molecular weight is 396 g/mol. The minimum Gasteiger partial charge on any atom is -0.445 e. The summed E-state index contributed by atoms with van der Waals surface area (Å²) in [6.07, 6.45) is -1.25. The third-order valence-electron chi connectivity index (χ3n) is 4.01. The molecule has 0 N–H and O–H groups in total. The molecule has 3 aromatic rings. The van der Waals surface area contributed by atoms with E-state index in [2.05, 4.69) is 0 Å². The summed E-state index contributed by atoms with van der Waals surface area (Å²) >= 11 is 5.86. The van der Waals surface area contributed by atoms with E-state index < -0.39 is 28.5 Å². The van der Waals surface area contributed by atoms with Gasteiger partial charge in [0.05, 0.1) is 4.92 Å². The Hall–Kier alpha value is -3.51. The summed E-state index contributed by atoms with van der Waals surface area (Å²) in [5, 5.41) is 11.7. The van der Waals surface area contributed by atoms with Crippen LogP contribution in [-0.2, 0) is 4.74 Å². The van der Waals surface area contributed by atoms with Crippen LogP contribution in [0.1, 0.15) is 32.4 Å². The van der Waals surface area contributed by atoms with Crippen molar-refractivity contribution in [1.29, 1.82) is 0 Å². The second-order valence-electron chi connectivity index (χ2n) is 5.84. The van der Waals surface area contributed by atoms with Crippen molar-refractivity contribution in [2.24, 2.45) is 0 Å². The smallest absolute Gasteiger partial charge is 0.346 e. The number of carbonyl (C=O) groups excluding carboxylic acids is 2. The van der Waals surface area contributed by atoms with Crippen LogP contribution >= 0.6 is 11.6 Å². The lowest BCUT2D eigenvalue weighted by Crippen LogP contribution is -2.21. The van der Waals surface area contributed by atoms with Gasteiger partial charge in [0.2, 0.25) is 5.78 Å². The second kappa shape index (κ2) is 8.45. The maximum atomic E-state index is 13.0. The van der Waals surface area contributed by atoms with Gasteiger partial charge in [0.1, 0.15) is 5.56 Å². The largest absolute Gasteiger partial charge is 0.445 e. The fourth-order valence-corrected chi connectivity index (χ4v) is 2.77. The van der Waals surface area contributed by atoms with Crippen LogP contribution < -0.4 is 0 Å². The number of para-hydroxylation sites is 1. The zero-order chi connectivity index (χ0) is 20.1. The quantitative estimate of drug-likeness (QED) is 0.253. The SMILES string of the molecule is O=C(O[C@H](C(=O)c1ccc(Cl)cc1)c1ccccc1)c1ccccc1[N+](=O)[O-]. The molecule has 0 aliphatic rings. The highest BCUT2D eigenvalue weighted by atomic mass is 35.5. The molecule has 3 aromatic carbocycles. The molecule has 0 aliphatic carbocycles. The highest BCUT2D eigenvalue weighted by Crippen LogP contribution is 2.27. The molecule has 0 bridgehead atoms. The number of rotatable bonds is 6. The van der Waals surface area contributed by atoms with Gasteiger partial charge in [-0.3, -0.25) is 14.9 Å². The van der Waals surface area contributed by atoms with Gasteiger partial charge in [-0.1, -0.05) is 54.1 Å². The number of esters is 1. The zero-order valence-electron chi connectivity index (χ0n) is 14.4. The Bertz CT molecular complexity index is 1020. The van der Waals surface area contributed by atoms with Crippen LogP contribution in [0.15, 0.2) is 78.9 Å². The van der Waals surface area contributed by atoms with E-state index in [1.807, 2.05) is 0 Å². The fraction of sp³-hybridized carbons (Fsp3) is 0.0476. The van der Waals surface area contributed by atoms with Crippen LogP contribution in [0.3, 0.4) is 0 Å². The van der Waals surface area contributed by atoms with Crippen LogP contribution in [0.25, 0.3) is 0 Å². The Kier molecular flexibility index (Phi) is 5.81. The van der Waals surface area contributed by atoms with E-state index in [0.717, 1.165) is 0 Å². The molecular weight excluding hydrogens is 382 g/mol. The van der Waals surface area contributed by atoms with E-state index in [9.17, 15) is 19.7 Å². The Balaban J connectivity index is 1.97. The number of nitro benzene ring substituents is 1. The molecule has 0 saturated heterocycles. The highest BCUT2D eigenvalue weighted by Gasteiger charge is 2.29. The minimum atomic E-state index is -1.25. The van der Waals surface area contributed by atoms with Gasteiger partial charge in [-0.25, -0.2) is 4.79 Å². The number of hydrogen-bond donors (Lipinski definition) is 0. The minimum absolute atomic E-state index is 0.225. The average Bonchev–Trinajstić information content (AvgIpc) is 2.72. The molecule has 0 spiro atoms. The van der Waals surface area contributed by atoms with Crippen LogP contribution in [-0.4, -0.2) is 16.7 Å². The molecule has 0 unspecified atom stereocenters. The van der Waals surface area contributed by atoms with Gasteiger partial charge in [-0.2, -0.15) is 0 Å². The van der Waals surface area contributed by atoms with Gasteiger partial charge >= 0.3 is 5.97 Å². The first-order valence-electron chi connectivity index (χ1n) is 8.26. The molecule has 3 rings (SSSR count). The lowest BCUT2D eigenvalue weighted by molar-refractivity contribution is -0.385. The molecule has 6 nitrogen and oxygen atoms in total. The summed E-state index contributed by atoms with van der Waals surface area (Å²) in [7, 11) is 0. The van der Waals surface area contributed by atoms with Crippen LogP contribution in [0, 0.1) is 10.1 Å². The molecule has 0 aromatic heterocycles. The third kappa shape index (κ3) is 4.24. The molecule has 0 fully saturated rings. The standard InChI is InChI=1S/C21H14ClNO5/c22-16-12-10-14(11-13-16)19(24)20(15-6-2-1-3-7-15)28-21(25)17-8-4-5-9-18(17)23(26)27/h1-13,20H/t20-/m0/s1. The van der Waals surface area contributed by atoms with Crippen molar-refractivity contribution in [3.05, 3.63) is 111 Å². The number of benzene rings is 3. The lowest BCUT2D eigenvalue weighted by atomic mass is 9.99. The maximum absolute atomic E-state index is 13.0. The van der Waals surface area contributed by atoms with Gasteiger partial charge < -0.3 is 4.74 Å². The number of hydrogen-bond acceptors (Lipinski definition) is 5. The molecular formula is C21H14ClNO5. The van der Waals surface area contributed by atoms with Crippen LogP contribution in [0.2, 0.25) is 5.02 Å². The fourth-order valence-electron chi connectivity index (χ4n) is 2.64. The summed E-state index contributed by atoms with van der Waals surface area (Å²) < 4.78 is 5.43. The predicted molar refractivity (Wildman–Crippen MR) is 103 cm³/mol. The maximum Gasteiger partial charge on any atom is 0.346 e. The molecule has 0 aliphatic heterocycles.